The van der Waals surface area contributed by atoms with E-state index in [2.05, 4.69) is 0 Å². The molecule has 0 aliphatic heterocycles. The standard InChI is InChI=1S/C16H29O4P/c1-4-7-11-15(16(17)12-9-8-10-13-16)14-21(18,19-5-2)20-6-3/h9,12,14,17H,4-8,10-11,13H2,1-3H3/b15-14+/i14D. The van der Waals surface area contributed by atoms with Crippen molar-refractivity contribution >= 4 is 7.60 Å². The van der Waals surface area contributed by atoms with Crippen LogP contribution in [0.15, 0.2) is 23.5 Å². The summed E-state index contributed by atoms with van der Waals surface area (Å²) >= 11 is 0. The fourth-order valence-corrected chi connectivity index (χ4v) is 3.95. The molecule has 1 atom stereocenters. The summed E-state index contributed by atoms with van der Waals surface area (Å²) in [5, 5.41) is 10.9. The van der Waals surface area contributed by atoms with Gasteiger partial charge in [0.05, 0.1) is 14.6 Å². The summed E-state index contributed by atoms with van der Waals surface area (Å²) < 4.78 is 31.8. The fraction of sp³-hybridized carbons (Fsp3) is 0.750. The molecule has 0 aromatic rings. The number of hydrogen-bond acceptors (Lipinski definition) is 4. The molecule has 0 saturated carbocycles. The minimum absolute atomic E-state index is 0.168. The highest BCUT2D eigenvalue weighted by atomic mass is 31.2. The van der Waals surface area contributed by atoms with Gasteiger partial charge >= 0.3 is 7.60 Å². The molecule has 1 rings (SSSR count). The maximum atomic E-state index is 12.9. The van der Waals surface area contributed by atoms with E-state index in [1.165, 1.54) is 0 Å². The summed E-state index contributed by atoms with van der Waals surface area (Å²) in [6.07, 6.45) is 8.27. The average molecular weight is 317 g/mol. The number of hydrogen-bond donors (Lipinski definition) is 1. The normalized spacial score (nSPS) is 24.7. The zero-order chi connectivity index (χ0) is 16.6. The molecular weight excluding hydrogens is 287 g/mol. The van der Waals surface area contributed by atoms with Crippen molar-refractivity contribution in [3.63, 3.8) is 0 Å². The van der Waals surface area contributed by atoms with Gasteiger partial charge in [-0.1, -0.05) is 25.5 Å². The Labute approximate surface area is 130 Å². The first-order valence-electron chi connectivity index (χ1n) is 8.43. The zero-order valence-corrected chi connectivity index (χ0v) is 14.3. The van der Waals surface area contributed by atoms with Crippen molar-refractivity contribution in [1.29, 1.82) is 0 Å². The monoisotopic (exact) mass is 317 g/mol. The van der Waals surface area contributed by atoms with Crippen LogP contribution in [0.2, 0.25) is 0 Å². The van der Waals surface area contributed by atoms with Crippen molar-refractivity contribution in [3.8, 4) is 0 Å². The number of unbranched alkanes of at least 4 members (excludes halogenated alkanes) is 1. The minimum atomic E-state index is -3.66. The second-order valence-electron chi connectivity index (χ2n) is 5.25. The molecule has 0 amide bonds. The molecule has 1 aliphatic carbocycles. The van der Waals surface area contributed by atoms with Gasteiger partial charge in [0.25, 0.3) is 0 Å². The van der Waals surface area contributed by atoms with Crippen LogP contribution in [0.25, 0.3) is 0 Å². The molecule has 0 radical (unpaired) electrons. The topological polar surface area (TPSA) is 55.8 Å². The lowest BCUT2D eigenvalue weighted by Gasteiger charge is -2.31. The Kier molecular flexibility index (Phi) is 7.18. The van der Waals surface area contributed by atoms with Crippen LogP contribution in [-0.2, 0) is 13.6 Å². The van der Waals surface area contributed by atoms with Gasteiger partial charge in [-0.2, -0.15) is 0 Å². The van der Waals surface area contributed by atoms with E-state index in [1.54, 1.807) is 19.9 Å². The third-order valence-electron chi connectivity index (χ3n) is 3.50. The van der Waals surface area contributed by atoms with Crippen molar-refractivity contribution in [2.75, 3.05) is 13.2 Å². The van der Waals surface area contributed by atoms with E-state index in [4.69, 9.17) is 10.4 Å². The zero-order valence-electron chi connectivity index (χ0n) is 14.4. The molecule has 1 N–H and O–H groups in total. The van der Waals surface area contributed by atoms with E-state index in [-0.39, 0.29) is 19.0 Å². The maximum absolute atomic E-state index is 12.9. The Bertz CT molecular complexity index is 451. The van der Waals surface area contributed by atoms with Crippen molar-refractivity contribution in [1.82, 2.24) is 0 Å². The third-order valence-corrected chi connectivity index (χ3v) is 5.24. The summed E-state index contributed by atoms with van der Waals surface area (Å²) in [5.74, 6) is -0.168. The first-order chi connectivity index (χ1) is 10.4. The summed E-state index contributed by atoms with van der Waals surface area (Å²) in [7, 11) is -3.66. The SMILES string of the molecule is [2H]/C(=C(/CCCC)C1(O)C=CCCC1)P(=O)(OCC)OCC. The van der Waals surface area contributed by atoms with Crippen molar-refractivity contribution < 1.29 is 20.1 Å². The van der Waals surface area contributed by atoms with Gasteiger partial charge in [-0.15, -0.1) is 0 Å². The highest BCUT2D eigenvalue weighted by Gasteiger charge is 2.33. The molecule has 0 saturated heterocycles. The Morgan fingerprint density at radius 1 is 1.43 bits per heavy atom. The molecule has 0 bridgehead atoms. The lowest BCUT2D eigenvalue weighted by Crippen LogP contribution is -2.30. The molecule has 21 heavy (non-hydrogen) atoms. The van der Waals surface area contributed by atoms with Gasteiger partial charge in [-0.3, -0.25) is 4.57 Å². The van der Waals surface area contributed by atoms with Crippen LogP contribution < -0.4 is 0 Å². The number of allylic oxidation sites excluding steroid dienone is 1. The van der Waals surface area contributed by atoms with Gasteiger partial charge in [-0.25, -0.2) is 0 Å². The second-order valence-corrected chi connectivity index (χ2v) is 6.98. The predicted molar refractivity (Wildman–Crippen MR) is 86.4 cm³/mol. The van der Waals surface area contributed by atoms with Crippen LogP contribution in [0.1, 0.15) is 60.7 Å². The van der Waals surface area contributed by atoms with Crippen molar-refractivity contribution in [2.24, 2.45) is 0 Å². The van der Waals surface area contributed by atoms with Crippen LogP contribution >= 0.6 is 7.60 Å². The van der Waals surface area contributed by atoms with Crippen LogP contribution in [0.4, 0.5) is 0 Å². The van der Waals surface area contributed by atoms with E-state index in [1.807, 2.05) is 13.0 Å². The predicted octanol–water partition coefficient (Wildman–Crippen LogP) is 4.80. The van der Waals surface area contributed by atoms with Crippen molar-refractivity contribution in [3.05, 3.63) is 23.5 Å². The molecule has 122 valence electrons. The quantitative estimate of drug-likeness (QED) is 0.490. The van der Waals surface area contributed by atoms with E-state index in [9.17, 15) is 9.67 Å². The van der Waals surface area contributed by atoms with Crippen molar-refractivity contribution in [2.45, 2.75) is 64.9 Å². The van der Waals surface area contributed by atoms with Gasteiger partial charge in [0.2, 0.25) is 0 Å². The smallest absolute Gasteiger partial charge is 0.354 e. The third kappa shape index (κ3) is 5.71. The first kappa shape index (κ1) is 17.0. The van der Waals surface area contributed by atoms with Gasteiger partial charge in [-0.05, 0) is 51.5 Å². The van der Waals surface area contributed by atoms with Gasteiger partial charge in [0.1, 0.15) is 5.60 Å². The lowest BCUT2D eigenvalue weighted by atomic mass is 9.83. The number of rotatable bonds is 9. The molecule has 4 nitrogen and oxygen atoms in total. The van der Waals surface area contributed by atoms with Crippen LogP contribution in [0, 0.1) is 0 Å². The average Bonchev–Trinajstić information content (AvgIpc) is 2.48. The molecule has 0 heterocycles. The first-order valence-corrected chi connectivity index (χ1v) is 9.47. The van der Waals surface area contributed by atoms with Gasteiger partial charge in [0.15, 0.2) is 0 Å². The Hall–Kier alpha value is -0.410. The largest absolute Gasteiger partial charge is 0.381 e. The maximum Gasteiger partial charge on any atom is 0.354 e. The fourth-order valence-electron chi connectivity index (χ4n) is 2.43. The molecule has 0 aromatic heterocycles. The van der Waals surface area contributed by atoms with Crippen LogP contribution in [-0.4, -0.2) is 23.9 Å². The molecule has 1 aliphatic rings. The molecule has 5 heteroatoms. The molecular formula is C16H29O4P. The summed E-state index contributed by atoms with van der Waals surface area (Å²) in [6.45, 7) is 5.90. The van der Waals surface area contributed by atoms with E-state index >= 15 is 0 Å². The van der Waals surface area contributed by atoms with Gasteiger partial charge in [0, 0.05) is 5.79 Å². The van der Waals surface area contributed by atoms with Crippen LogP contribution in [0.3, 0.4) is 0 Å². The highest BCUT2D eigenvalue weighted by Crippen LogP contribution is 2.52. The molecule has 0 fully saturated rings. The van der Waals surface area contributed by atoms with E-state index < -0.39 is 13.2 Å². The van der Waals surface area contributed by atoms with E-state index in [0.29, 0.717) is 18.4 Å². The molecule has 0 aromatic carbocycles. The summed E-state index contributed by atoms with van der Waals surface area (Å²) in [6, 6.07) is 0. The Morgan fingerprint density at radius 2 is 2.10 bits per heavy atom. The van der Waals surface area contributed by atoms with Crippen LogP contribution in [0.5, 0.6) is 0 Å². The number of aliphatic hydroxyl groups is 1. The summed E-state index contributed by atoms with van der Waals surface area (Å²) in [5.41, 5.74) is -0.718. The Balaban J connectivity index is 3.29. The summed E-state index contributed by atoms with van der Waals surface area (Å²) in [4.78, 5) is 0. The second kappa shape index (κ2) is 8.89. The highest BCUT2D eigenvalue weighted by molar-refractivity contribution is 7.57. The van der Waals surface area contributed by atoms with E-state index in [0.717, 1.165) is 25.7 Å². The molecule has 0 spiro atoms. The van der Waals surface area contributed by atoms with Gasteiger partial charge < -0.3 is 14.2 Å². The minimum Gasteiger partial charge on any atom is -0.381 e. The lowest BCUT2D eigenvalue weighted by molar-refractivity contribution is 0.108. The molecule has 1 unspecified atom stereocenters. The Morgan fingerprint density at radius 3 is 2.57 bits per heavy atom.